The zero-order valence-electron chi connectivity index (χ0n) is 14.9. The zero-order chi connectivity index (χ0) is 17.9. The van der Waals surface area contributed by atoms with Gasteiger partial charge in [-0.25, -0.2) is 4.98 Å². The Kier molecular flexibility index (Phi) is 4.88. The number of para-hydroxylation sites is 2. The highest BCUT2D eigenvalue weighted by Gasteiger charge is 2.13. The monoisotopic (exact) mass is 369 g/mol. The van der Waals surface area contributed by atoms with E-state index in [-0.39, 0.29) is 5.56 Å². The molecule has 0 spiro atoms. The van der Waals surface area contributed by atoms with E-state index < -0.39 is 0 Å². The van der Waals surface area contributed by atoms with Crippen molar-refractivity contribution in [3.63, 3.8) is 0 Å². The van der Waals surface area contributed by atoms with Gasteiger partial charge in [-0.3, -0.25) is 4.79 Å². The van der Waals surface area contributed by atoms with Gasteiger partial charge in [0.15, 0.2) is 0 Å². The van der Waals surface area contributed by atoms with E-state index in [1.807, 2.05) is 13.0 Å². The summed E-state index contributed by atoms with van der Waals surface area (Å²) in [6, 6.07) is 9.96. The van der Waals surface area contributed by atoms with E-state index in [2.05, 4.69) is 38.5 Å². The lowest BCUT2D eigenvalue weighted by Gasteiger charge is -2.25. The molecule has 1 N–H and O–H groups in total. The smallest absolute Gasteiger partial charge is 0.275 e. The van der Waals surface area contributed by atoms with Crippen molar-refractivity contribution in [2.75, 3.05) is 23.3 Å². The molecule has 1 saturated heterocycles. The summed E-state index contributed by atoms with van der Waals surface area (Å²) in [5, 5.41) is 8.51. The molecule has 6 nitrogen and oxygen atoms in total. The second-order valence-electron chi connectivity index (χ2n) is 6.67. The highest BCUT2D eigenvalue weighted by molar-refractivity contribution is 7.16. The van der Waals surface area contributed by atoms with Gasteiger partial charge in [0, 0.05) is 19.2 Å². The summed E-state index contributed by atoms with van der Waals surface area (Å²) in [5.41, 5.74) is 2.94. The van der Waals surface area contributed by atoms with Crippen molar-refractivity contribution in [1.82, 2.24) is 14.6 Å². The molecular formula is C19H23N5OS. The third kappa shape index (κ3) is 3.58. The molecule has 0 radical (unpaired) electrons. The quantitative estimate of drug-likeness (QED) is 0.763. The van der Waals surface area contributed by atoms with Crippen LogP contribution in [-0.4, -0.2) is 27.7 Å². The van der Waals surface area contributed by atoms with Crippen LogP contribution in [0.4, 0.5) is 11.4 Å². The molecule has 0 saturated carbocycles. The molecule has 26 heavy (non-hydrogen) atoms. The molecule has 3 aromatic rings. The lowest BCUT2D eigenvalue weighted by atomic mass is 10.2. The lowest BCUT2D eigenvalue weighted by Crippen LogP contribution is -2.25. The van der Waals surface area contributed by atoms with Crippen LogP contribution < -0.4 is 15.8 Å². The van der Waals surface area contributed by atoms with Crippen molar-refractivity contribution in [2.45, 2.75) is 39.2 Å². The van der Waals surface area contributed by atoms with Crippen LogP contribution in [0.3, 0.4) is 0 Å². The summed E-state index contributed by atoms with van der Waals surface area (Å²) < 4.78 is 1.37. The Morgan fingerprint density at radius 3 is 2.73 bits per heavy atom. The topological polar surface area (TPSA) is 62.5 Å². The van der Waals surface area contributed by atoms with Crippen LogP contribution in [0.5, 0.6) is 0 Å². The van der Waals surface area contributed by atoms with Gasteiger partial charge >= 0.3 is 0 Å². The molecular weight excluding hydrogens is 346 g/mol. The van der Waals surface area contributed by atoms with E-state index in [0.29, 0.717) is 11.5 Å². The molecule has 1 aliphatic rings. The fraction of sp³-hybridized carbons (Fsp3) is 0.421. The molecule has 1 aliphatic heterocycles. The third-order valence-corrected chi connectivity index (χ3v) is 5.53. The standard InChI is InChI=1S/C19H23N5OS/c1-14-22-24-18(25)12-15(21-19(24)26-14)13-20-16-8-4-5-9-17(16)23-10-6-2-3-7-11-23/h4-5,8-9,12,20H,2-3,6-7,10-11,13H2,1H3. The normalized spacial score (nSPS) is 15.2. The largest absolute Gasteiger partial charge is 0.378 e. The summed E-state index contributed by atoms with van der Waals surface area (Å²) in [4.78, 5) is 19.9. The van der Waals surface area contributed by atoms with Gasteiger partial charge in [-0.1, -0.05) is 36.3 Å². The van der Waals surface area contributed by atoms with Crippen molar-refractivity contribution in [2.24, 2.45) is 0 Å². The van der Waals surface area contributed by atoms with Crippen LogP contribution in [0, 0.1) is 6.92 Å². The van der Waals surface area contributed by atoms with Gasteiger partial charge in [-0.2, -0.15) is 9.61 Å². The van der Waals surface area contributed by atoms with E-state index in [1.54, 1.807) is 6.07 Å². The summed E-state index contributed by atoms with van der Waals surface area (Å²) >= 11 is 1.44. The number of aromatic nitrogens is 3. The maximum Gasteiger partial charge on any atom is 0.275 e. The van der Waals surface area contributed by atoms with E-state index >= 15 is 0 Å². The van der Waals surface area contributed by atoms with Crippen LogP contribution in [0.25, 0.3) is 4.96 Å². The maximum absolute atomic E-state index is 12.2. The number of aryl methyl sites for hydroxylation is 1. The number of nitrogens with zero attached hydrogens (tertiary/aromatic N) is 4. The number of anilines is 2. The fourth-order valence-corrected chi connectivity index (χ4v) is 4.21. The van der Waals surface area contributed by atoms with Crippen molar-refractivity contribution >= 4 is 27.7 Å². The van der Waals surface area contributed by atoms with Crippen LogP contribution in [-0.2, 0) is 6.54 Å². The molecule has 3 heterocycles. The zero-order valence-corrected chi connectivity index (χ0v) is 15.8. The lowest BCUT2D eigenvalue weighted by molar-refractivity contribution is 0.726. The average Bonchev–Trinajstić information content (AvgIpc) is 2.84. The van der Waals surface area contributed by atoms with Gasteiger partial charge in [0.05, 0.1) is 23.6 Å². The molecule has 7 heteroatoms. The van der Waals surface area contributed by atoms with Crippen LogP contribution in [0.1, 0.15) is 36.4 Å². The number of rotatable bonds is 4. The van der Waals surface area contributed by atoms with Gasteiger partial charge < -0.3 is 10.2 Å². The Labute approximate surface area is 156 Å². The molecule has 4 rings (SSSR count). The van der Waals surface area contributed by atoms with Gasteiger partial charge in [0.2, 0.25) is 4.96 Å². The highest BCUT2D eigenvalue weighted by Crippen LogP contribution is 2.28. The Morgan fingerprint density at radius 2 is 1.92 bits per heavy atom. The van der Waals surface area contributed by atoms with E-state index in [9.17, 15) is 4.79 Å². The molecule has 0 atom stereocenters. The summed E-state index contributed by atoms with van der Waals surface area (Å²) in [5.74, 6) is 0. The second kappa shape index (κ2) is 7.45. The summed E-state index contributed by atoms with van der Waals surface area (Å²) in [7, 11) is 0. The van der Waals surface area contributed by atoms with Gasteiger partial charge in [-0.15, -0.1) is 0 Å². The van der Waals surface area contributed by atoms with Crippen molar-refractivity contribution in [1.29, 1.82) is 0 Å². The molecule has 136 valence electrons. The number of hydrogen-bond acceptors (Lipinski definition) is 6. The molecule has 1 fully saturated rings. The Balaban J connectivity index is 1.55. The van der Waals surface area contributed by atoms with E-state index in [4.69, 9.17) is 0 Å². The fourth-order valence-electron chi connectivity index (χ4n) is 3.44. The second-order valence-corrected chi connectivity index (χ2v) is 7.83. The molecule has 2 aromatic heterocycles. The van der Waals surface area contributed by atoms with Crippen LogP contribution in [0.2, 0.25) is 0 Å². The summed E-state index contributed by atoms with van der Waals surface area (Å²) in [6.45, 7) is 4.61. The molecule has 0 bridgehead atoms. The average molecular weight is 369 g/mol. The van der Waals surface area contributed by atoms with Gasteiger partial charge in [0.25, 0.3) is 5.56 Å². The van der Waals surface area contributed by atoms with E-state index in [1.165, 1.54) is 47.2 Å². The first-order chi connectivity index (χ1) is 12.7. The predicted octanol–water partition coefficient (Wildman–Crippen LogP) is 3.45. The van der Waals surface area contributed by atoms with Gasteiger partial charge in [0.1, 0.15) is 5.01 Å². The first kappa shape index (κ1) is 17.0. The van der Waals surface area contributed by atoms with E-state index in [0.717, 1.165) is 29.5 Å². The van der Waals surface area contributed by atoms with Crippen molar-refractivity contribution in [3.8, 4) is 0 Å². The SMILES string of the molecule is Cc1nn2c(=O)cc(CNc3ccccc3N3CCCCCC3)nc2s1. The third-order valence-electron chi connectivity index (χ3n) is 4.71. The predicted molar refractivity (Wildman–Crippen MR) is 106 cm³/mol. The number of hydrogen-bond donors (Lipinski definition) is 1. The minimum atomic E-state index is -0.128. The molecule has 0 unspecified atom stereocenters. The number of nitrogens with one attached hydrogen (secondary N) is 1. The number of benzene rings is 1. The highest BCUT2D eigenvalue weighted by atomic mass is 32.1. The maximum atomic E-state index is 12.2. The minimum Gasteiger partial charge on any atom is -0.378 e. The molecule has 1 aromatic carbocycles. The van der Waals surface area contributed by atoms with Crippen LogP contribution in [0.15, 0.2) is 35.1 Å². The Morgan fingerprint density at radius 1 is 1.15 bits per heavy atom. The van der Waals surface area contributed by atoms with Crippen LogP contribution >= 0.6 is 11.3 Å². The Hall–Kier alpha value is -2.41. The first-order valence-electron chi connectivity index (χ1n) is 9.15. The molecule has 0 amide bonds. The molecule has 0 aliphatic carbocycles. The first-order valence-corrected chi connectivity index (χ1v) is 9.96. The summed E-state index contributed by atoms with van der Waals surface area (Å²) in [6.07, 6.45) is 5.12. The van der Waals surface area contributed by atoms with Gasteiger partial charge in [-0.05, 0) is 31.9 Å². The van der Waals surface area contributed by atoms with Crippen molar-refractivity contribution < 1.29 is 0 Å². The van der Waals surface area contributed by atoms with Crippen molar-refractivity contribution in [3.05, 3.63) is 51.4 Å². The Bertz CT molecular complexity index is 956. The minimum absolute atomic E-state index is 0.128. The number of fused-ring (bicyclic) bond motifs is 1.